The topological polar surface area (TPSA) is 83.1 Å². The Hall–Kier alpha value is -3.22. The molecule has 2 aromatic rings. The van der Waals surface area contributed by atoms with Crippen LogP contribution in [0.15, 0.2) is 42.5 Å². The molecule has 0 spiro atoms. The van der Waals surface area contributed by atoms with Crippen LogP contribution in [0.1, 0.15) is 12.5 Å². The number of nitrogens with one attached hydrogen (secondary N) is 1. The van der Waals surface area contributed by atoms with Crippen LogP contribution in [0.2, 0.25) is 0 Å². The van der Waals surface area contributed by atoms with Crippen LogP contribution in [-0.4, -0.2) is 38.8 Å². The van der Waals surface area contributed by atoms with E-state index in [2.05, 4.69) is 5.32 Å². The quantitative estimate of drug-likeness (QED) is 0.681. The average molecular weight is 373 g/mol. The molecule has 0 heterocycles. The summed E-state index contributed by atoms with van der Waals surface area (Å²) in [7, 11) is 1.52. The Bertz CT molecular complexity index is 773. The Morgan fingerprint density at radius 1 is 0.963 bits per heavy atom. The van der Waals surface area contributed by atoms with Crippen LogP contribution in [-0.2, 0) is 14.3 Å². The first-order valence-electron chi connectivity index (χ1n) is 8.47. The Kier molecular flexibility index (Phi) is 7.49. The van der Waals surface area contributed by atoms with Crippen molar-refractivity contribution in [2.24, 2.45) is 0 Å². The van der Waals surface area contributed by atoms with Gasteiger partial charge in [0.1, 0.15) is 5.75 Å². The second-order valence-electron chi connectivity index (χ2n) is 5.61. The minimum absolute atomic E-state index is 0.324. The first-order valence-corrected chi connectivity index (χ1v) is 8.47. The van der Waals surface area contributed by atoms with Crippen molar-refractivity contribution in [1.29, 1.82) is 0 Å². The number of carbonyl (C=O) groups is 2. The van der Waals surface area contributed by atoms with Crippen LogP contribution in [0.4, 0.5) is 5.69 Å². The Morgan fingerprint density at radius 2 is 1.70 bits per heavy atom. The van der Waals surface area contributed by atoms with Gasteiger partial charge in [0, 0.05) is 5.69 Å². The molecule has 7 heteroatoms. The van der Waals surface area contributed by atoms with Gasteiger partial charge in [-0.05, 0) is 55.8 Å². The lowest BCUT2D eigenvalue weighted by atomic mass is 10.2. The maximum absolute atomic E-state index is 11.9. The maximum Gasteiger partial charge on any atom is 0.344 e. The number of amides is 1. The molecule has 1 N–H and O–H groups in total. The van der Waals surface area contributed by atoms with Crippen molar-refractivity contribution in [2.45, 2.75) is 13.8 Å². The smallest absolute Gasteiger partial charge is 0.344 e. The van der Waals surface area contributed by atoms with Gasteiger partial charge in [-0.3, -0.25) is 4.79 Å². The van der Waals surface area contributed by atoms with Gasteiger partial charge in [0.05, 0.1) is 13.7 Å². The van der Waals surface area contributed by atoms with Crippen LogP contribution in [0.25, 0.3) is 0 Å². The largest absolute Gasteiger partial charge is 0.494 e. The van der Waals surface area contributed by atoms with E-state index in [1.807, 2.05) is 19.9 Å². The van der Waals surface area contributed by atoms with E-state index in [-0.39, 0.29) is 6.61 Å². The van der Waals surface area contributed by atoms with E-state index in [0.717, 1.165) is 5.56 Å². The molecule has 144 valence electrons. The molecule has 0 saturated heterocycles. The van der Waals surface area contributed by atoms with Gasteiger partial charge in [0.25, 0.3) is 5.91 Å². The summed E-state index contributed by atoms with van der Waals surface area (Å²) in [5, 5.41) is 2.63. The lowest BCUT2D eigenvalue weighted by Crippen LogP contribution is -2.23. The first kappa shape index (κ1) is 20.1. The minimum atomic E-state index is -0.653. The van der Waals surface area contributed by atoms with E-state index in [1.165, 1.54) is 7.11 Å². The highest BCUT2D eigenvalue weighted by molar-refractivity contribution is 5.92. The zero-order valence-corrected chi connectivity index (χ0v) is 15.6. The predicted molar refractivity (Wildman–Crippen MR) is 100 cm³/mol. The molecule has 0 radical (unpaired) electrons. The van der Waals surface area contributed by atoms with Crippen molar-refractivity contribution >= 4 is 17.6 Å². The van der Waals surface area contributed by atoms with Gasteiger partial charge in [-0.25, -0.2) is 4.79 Å². The van der Waals surface area contributed by atoms with Crippen LogP contribution >= 0.6 is 0 Å². The molecule has 0 saturated carbocycles. The summed E-state index contributed by atoms with van der Waals surface area (Å²) in [6, 6.07) is 12.2. The molecule has 0 fully saturated rings. The highest BCUT2D eigenvalue weighted by atomic mass is 16.6. The van der Waals surface area contributed by atoms with Crippen molar-refractivity contribution < 1.29 is 28.5 Å². The zero-order valence-electron chi connectivity index (χ0n) is 15.6. The Labute approximate surface area is 158 Å². The zero-order chi connectivity index (χ0) is 19.6. The predicted octanol–water partition coefficient (Wildman–Crippen LogP) is 2.96. The summed E-state index contributed by atoms with van der Waals surface area (Å²) in [6.45, 7) is 3.65. The number of ether oxygens (including phenoxy) is 4. The molecule has 27 heavy (non-hydrogen) atoms. The number of aryl methyl sites for hydroxylation is 1. The number of benzene rings is 2. The molecule has 0 aliphatic heterocycles. The van der Waals surface area contributed by atoms with Crippen molar-refractivity contribution in [1.82, 2.24) is 0 Å². The Morgan fingerprint density at radius 3 is 2.37 bits per heavy atom. The third kappa shape index (κ3) is 6.54. The number of rotatable bonds is 9. The van der Waals surface area contributed by atoms with Crippen LogP contribution in [0.3, 0.4) is 0 Å². The standard InChI is InChI=1S/C20H23NO6/c1-4-25-16-8-6-15(7-9-16)21-19(22)12-27-20(23)13-26-17-10-5-14(2)11-18(17)24-3/h5-11H,4,12-13H2,1-3H3,(H,21,22). The van der Waals surface area contributed by atoms with Gasteiger partial charge >= 0.3 is 5.97 Å². The summed E-state index contributed by atoms with van der Waals surface area (Å²) in [6.07, 6.45) is 0. The molecular weight excluding hydrogens is 350 g/mol. The molecule has 0 atom stereocenters. The summed E-state index contributed by atoms with van der Waals surface area (Å²) >= 11 is 0. The van der Waals surface area contributed by atoms with E-state index < -0.39 is 18.5 Å². The second-order valence-corrected chi connectivity index (χ2v) is 5.61. The van der Waals surface area contributed by atoms with Gasteiger partial charge in [-0.15, -0.1) is 0 Å². The SMILES string of the molecule is CCOc1ccc(NC(=O)COC(=O)COc2ccc(C)cc2OC)cc1. The lowest BCUT2D eigenvalue weighted by Gasteiger charge is -2.11. The van der Waals surface area contributed by atoms with E-state index in [4.69, 9.17) is 18.9 Å². The van der Waals surface area contributed by atoms with Gasteiger partial charge in [0.2, 0.25) is 0 Å². The summed E-state index contributed by atoms with van der Waals surface area (Å²) in [5.41, 5.74) is 1.59. The van der Waals surface area contributed by atoms with Crippen LogP contribution in [0.5, 0.6) is 17.2 Å². The van der Waals surface area contributed by atoms with E-state index in [0.29, 0.717) is 29.5 Å². The van der Waals surface area contributed by atoms with Crippen molar-refractivity contribution in [2.75, 3.05) is 32.2 Å². The molecular formula is C20H23NO6. The molecule has 2 rings (SSSR count). The normalized spacial score (nSPS) is 10.0. The first-order chi connectivity index (χ1) is 13.0. The molecule has 0 aliphatic rings. The summed E-state index contributed by atoms with van der Waals surface area (Å²) in [5.74, 6) is 0.570. The fraction of sp³-hybridized carbons (Fsp3) is 0.300. The molecule has 0 aliphatic carbocycles. The third-order valence-electron chi connectivity index (χ3n) is 3.48. The maximum atomic E-state index is 11.9. The second kappa shape index (κ2) is 10.1. The van der Waals surface area contributed by atoms with Gasteiger partial charge in [-0.2, -0.15) is 0 Å². The van der Waals surface area contributed by atoms with E-state index in [9.17, 15) is 9.59 Å². The number of hydrogen-bond acceptors (Lipinski definition) is 6. The number of esters is 1. The fourth-order valence-corrected chi connectivity index (χ4v) is 2.22. The fourth-order valence-electron chi connectivity index (χ4n) is 2.22. The highest BCUT2D eigenvalue weighted by Crippen LogP contribution is 2.27. The van der Waals surface area contributed by atoms with Gasteiger partial charge in [0.15, 0.2) is 24.7 Å². The molecule has 0 unspecified atom stereocenters. The number of anilines is 1. The lowest BCUT2D eigenvalue weighted by molar-refractivity contribution is -0.149. The summed E-state index contributed by atoms with van der Waals surface area (Å²) < 4.78 is 20.8. The van der Waals surface area contributed by atoms with Gasteiger partial charge < -0.3 is 24.3 Å². The van der Waals surface area contributed by atoms with E-state index >= 15 is 0 Å². The monoisotopic (exact) mass is 373 g/mol. The molecule has 2 aromatic carbocycles. The molecule has 0 bridgehead atoms. The van der Waals surface area contributed by atoms with Crippen molar-refractivity contribution in [3.05, 3.63) is 48.0 Å². The van der Waals surface area contributed by atoms with Crippen molar-refractivity contribution in [3.8, 4) is 17.2 Å². The highest BCUT2D eigenvalue weighted by Gasteiger charge is 2.11. The van der Waals surface area contributed by atoms with Crippen LogP contribution in [0, 0.1) is 6.92 Å². The summed E-state index contributed by atoms with van der Waals surface area (Å²) in [4.78, 5) is 23.6. The van der Waals surface area contributed by atoms with Gasteiger partial charge in [-0.1, -0.05) is 6.07 Å². The van der Waals surface area contributed by atoms with Crippen LogP contribution < -0.4 is 19.5 Å². The number of hydrogen-bond donors (Lipinski definition) is 1. The molecule has 1 amide bonds. The minimum Gasteiger partial charge on any atom is -0.494 e. The number of methoxy groups -OCH3 is 1. The third-order valence-corrected chi connectivity index (χ3v) is 3.48. The molecule has 0 aromatic heterocycles. The Balaban J connectivity index is 1.75. The number of carbonyl (C=O) groups excluding carboxylic acids is 2. The van der Waals surface area contributed by atoms with E-state index in [1.54, 1.807) is 36.4 Å². The van der Waals surface area contributed by atoms with Crippen molar-refractivity contribution in [3.63, 3.8) is 0 Å². The average Bonchev–Trinajstić information content (AvgIpc) is 2.67. The molecule has 7 nitrogen and oxygen atoms in total.